The van der Waals surface area contributed by atoms with Crippen LogP contribution in [0.3, 0.4) is 0 Å². The van der Waals surface area contributed by atoms with E-state index in [-0.39, 0.29) is 0 Å². The Morgan fingerprint density at radius 2 is 1.16 bits per heavy atom. The molecule has 116 valence electrons. The molecule has 0 rings (SSSR count). The molecular formula is C14H34GeN2S2. The second-order valence-electron chi connectivity index (χ2n) is 6.05. The second kappa shape index (κ2) is 11.8. The number of hydrogen-bond donors (Lipinski definition) is 2. The van der Waals surface area contributed by atoms with Gasteiger partial charge in [0.2, 0.25) is 0 Å². The van der Waals surface area contributed by atoms with Crippen molar-refractivity contribution in [2.45, 2.75) is 51.0 Å². The molecule has 0 aromatic heterocycles. The van der Waals surface area contributed by atoms with Crippen LogP contribution in [0, 0.1) is 11.8 Å². The molecule has 0 amide bonds. The molecule has 5 heteroatoms. The van der Waals surface area contributed by atoms with Gasteiger partial charge >= 0.3 is 130 Å². The van der Waals surface area contributed by atoms with Crippen molar-refractivity contribution in [3.63, 3.8) is 0 Å². The van der Waals surface area contributed by atoms with Crippen LogP contribution in [-0.4, -0.2) is 35.6 Å². The van der Waals surface area contributed by atoms with E-state index in [0.29, 0.717) is 0 Å². The van der Waals surface area contributed by atoms with E-state index < -0.39 is 11.0 Å². The third-order valence-electron chi connectivity index (χ3n) is 3.17. The van der Waals surface area contributed by atoms with Gasteiger partial charge in [0, 0.05) is 0 Å². The van der Waals surface area contributed by atoms with E-state index in [2.05, 4.69) is 47.9 Å². The Balaban J connectivity index is 4.62. The van der Waals surface area contributed by atoms with Crippen LogP contribution in [0.15, 0.2) is 0 Å². The molecule has 0 atom stereocenters. The summed E-state index contributed by atoms with van der Waals surface area (Å²) >= 11 is 0. The third-order valence-corrected chi connectivity index (χ3v) is 26.6. The Hall–Kier alpha value is 1.16. The number of rotatable bonds is 12. The Morgan fingerprint density at radius 1 is 0.789 bits per heavy atom. The summed E-state index contributed by atoms with van der Waals surface area (Å²) in [4.78, 5) is 0. The van der Waals surface area contributed by atoms with Crippen molar-refractivity contribution in [3.8, 4) is 0 Å². The predicted octanol–water partition coefficient (Wildman–Crippen LogP) is 3.90. The van der Waals surface area contributed by atoms with Crippen LogP contribution in [0.1, 0.15) is 40.5 Å². The normalized spacial score (nSPS) is 12.6. The Bertz CT molecular complexity index is 192. The van der Waals surface area contributed by atoms with Crippen LogP contribution in [0.25, 0.3) is 0 Å². The van der Waals surface area contributed by atoms with E-state index in [1.807, 2.05) is 0 Å². The fourth-order valence-corrected chi connectivity index (χ4v) is 25.1. The fourth-order valence-electron chi connectivity index (χ4n) is 1.96. The summed E-state index contributed by atoms with van der Waals surface area (Å²) < 4.78 is 0. The summed E-state index contributed by atoms with van der Waals surface area (Å²) in [6, 6.07) is 0. The van der Waals surface area contributed by atoms with Crippen LogP contribution < -0.4 is 11.5 Å². The maximum absolute atomic E-state index is 5.75. The van der Waals surface area contributed by atoms with Crippen LogP contribution >= 0.6 is 20.2 Å². The van der Waals surface area contributed by atoms with E-state index in [0.717, 1.165) is 36.4 Å². The SMILES string of the molecule is CC(C)C[CH2][Ge]([CH2]CC(C)C)([S]CCN)[S]CCN. The minimum absolute atomic E-state index is 0.820. The van der Waals surface area contributed by atoms with E-state index >= 15 is 0 Å². The van der Waals surface area contributed by atoms with Gasteiger partial charge in [0.1, 0.15) is 0 Å². The molecule has 0 aromatic rings. The van der Waals surface area contributed by atoms with Crippen LogP contribution in [0.4, 0.5) is 0 Å². The molecule has 0 aromatic carbocycles. The molecule has 19 heavy (non-hydrogen) atoms. The van der Waals surface area contributed by atoms with Crippen molar-refractivity contribution in [2.24, 2.45) is 23.3 Å². The van der Waals surface area contributed by atoms with E-state index in [1.54, 1.807) is 0 Å². The zero-order chi connectivity index (χ0) is 14.7. The standard InChI is InChI=1S/C14H34GeN2S2/c1-13(2)5-7-15(18-11-9-16,19-12-10-17)8-6-14(3)4/h13-14H,5-12,16-17H2,1-4H3. The molecule has 0 spiro atoms. The van der Waals surface area contributed by atoms with Crippen molar-refractivity contribution in [2.75, 3.05) is 24.6 Å². The first kappa shape index (κ1) is 20.2. The summed E-state index contributed by atoms with van der Waals surface area (Å²) in [5, 5.41) is 2.94. The molecule has 0 saturated heterocycles. The summed E-state index contributed by atoms with van der Waals surface area (Å²) in [6.07, 6.45) is 2.76. The van der Waals surface area contributed by atoms with Crippen LogP contribution in [0.5, 0.6) is 0 Å². The first-order valence-electron chi connectivity index (χ1n) is 7.64. The number of hydrogen-bond acceptors (Lipinski definition) is 4. The van der Waals surface area contributed by atoms with Crippen LogP contribution in [0.2, 0.25) is 10.5 Å². The molecule has 0 bridgehead atoms. The van der Waals surface area contributed by atoms with Gasteiger partial charge in [0.25, 0.3) is 0 Å². The van der Waals surface area contributed by atoms with Gasteiger partial charge in [-0.05, 0) is 0 Å². The molecule has 0 fully saturated rings. The molecule has 4 N–H and O–H groups in total. The Labute approximate surface area is 130 Å². The van der Waals surface area contributed by atoms with Crippen molar-refractivity contribution in [1.29, 1.82) is 0 Å². The second-order valence-corrected chi connectivity index (χ2v) is 26.5. The van der Waals surface area contributed by atoms with Gasteiger partial charge in [-0.3, -0.25) is 0 Å². The molecule has 0 aliphatic rings. The first-order chi connectivity index (χ1) is 8.95. The van der Waals surface area contributed by atoms with Gasteiger partial charge < -0.3 is 0 Å². The average Bonchev–Trinajstić information content (AvgIpc) is 2.37. The van der Waals surface area contributed by atoms with Gasteiger partial charge in [-0.25, -0.2) is 0 Å². The summed E-state index contributed by atoms with van der Waals surface area (Å²) in [5.41, 5.74) is 11.5. The zero-order valence-electron chi connectivity index (χ0n) is 13.3. The molecule has 0 radical (unpaired) electrons. The Kier molecular flexibility index (Phi) is 12.5. The van der Waals surface area contributed by atoms with Crippen LogP contribution in [-0.2, 0) is 0 Å². The van der Waals surface area contributed by atoms with E-state index in [4.69, 9.17) is 11.5 Å². The van der Waals surface area contributed by atoms with Gasteiger partial charge in [-0.1, -0.05) is 0 Å². The zero-order valence-corrected chi connectivity index (χ0v) is 17.0. The topological polar surface area (TPSA) is 52.0 Å². The first-order valence-corrected chi connectivity index (χ1v) is 17.7. The molecule has 0 unspecified atom stereocenters. The van der Waals surface area contributed by atoms with Crippen molar-refractivity contribution < 1.29 is 0 Å². The van der Waals surface area contributed by atoms with Gasteiger partial charge in [0.15, 0.2) is 0 Å². The quantitative estimate of drug-likeness (QED) is 0.514. The van der Waals surface area contributed by atoms with Gasteiger partial charge in [-0.2, -0.15) is 0 Å². The third kappa shape index (κ3) is 10.5. The van der Waals surface area contributed by atoms with E-state index in [9.17, 15) is 0 Å². The number of nitrogens with two attached hydrogens (primary N) is 2. The van der Waals surface area contributed by atoms with Gasteiger partial charge in [-0.15, -0.1) is 0 Å². The molecule has 0 heterocycles. The molecule has 0 saturated carbocycles. The Morgan fingerprint density at radius 3 is 1.42 bits per heavy atom. The van der Waals surface area contributed by atoms with Crippen molar-refractivity contribution in [1.82, 2.24) is 0 Å². The van der Waals surface area contributed by atoms with Gasteiger partial charge in [0.05, 0.1) is 0 Å². The van der Waals surface area contributed by atoms with E-state index in [1.165, 1.54) is 23.3 Å². The molecule has 0 aliphatic carbocycles. The molecule has 2 nitrogen and oxygen atoms in total. The monoisotopic (exact) mass is 368 g/mol. The average molecular weight is 367 g/mol. The minimum atomic E-state index is -1.86. The predicted molar refractivity (Wildman–Crippen MR) is 97.3 cm³/mol. The van der Waals surface area contributed by atoms with Crippen molar-refractivity contribution in [3.05, 3.63) is 0 Å². The summed E-state index contributed by atoms with van der Waals surface area (Å²) in [6.45, 7) is 11.0. The van der Waals surface area contributed by atoms with Crippen molar-refractivity contribution >= 4 is 31.2 Å². The fraction of sp³-hybridized carbons (Fsp3) is 1.00. The molecular weight excluding hydrogens is 333 g/mol. The molecule has 0 aliphatic heterocycles. The maximum atomic E-state index is 5.75. The summed E-state index contributed by atoms with van der Waals surface area (Å²) in [7, 11) is 2.67. The summed E-state index contributed by atoms with van der Waals surface area (Å²) in [5.74, 6) is 3.93.